The number of quaternary nitrogens is 1. The molecule has 2 aromatic carbocycles. The van der Waals surface area contributed by atoms with Crippen molar-refractivity contribution in [2.75, 3.05) is 27.2 Å². The molecule has 0 aliphatic carbocycles. The van der Waals surface area contributed by atoms with Gasteiger partial charge in [-0.3, -0.25) is 0 Å². The Morgan fingerprint density at radius 1 is 0.963 bits per heavy atom. The van der Waals surface area contributed by atoms with Gasteiger partial charge in [0.1, 0.15) is 0 Å². The molecule has 0 spiro atoms. The van der Waals surface area contributed by atoms with E-state index in [0.717, 1.165) is 15.9 Å². The van der Waals surface area contributed by atoms with Crippen LogP contribution >= 0.6 is 23.4 Å². The van der Waals surface area contributed by atoms with E-state index in [2.05, 4.69) is 63.5 Å². The topological polar surface area (TPSA) is 0 Å². The molecule has 2 aromatic rings. The van der Waals surface area contributed by atoms with Crippen molar-refractivity contribution >= 4 is 28.9 Å². The van der Waals surface area contributed by atoms with E-state index in [1.54, 1.807) is 0 Å². The molecule has 0 radical (unpaired) electrons. The molecule has 1 nitrogen and oxygen atoms in total. The zero-order valence-electron chi connectivity index (χ0n) is 16.5. The molecule has 0 amide bonds. The molecule has 0 bridgehead atoms. The van der Waals surface area contributed by atoms with Crippen molar-refractivity contribution in [2.45, 2.75) is 42.4 Å². The Morgan fingerprint density at radius 2 is 1.70 bits per heavy atom. The average molecular weight is 467 g/mol. The highest BCUT2D eigenvalue weighted by Crippen LogP contribution is 2.46. The summed E-state index contributed by atoms with van der Waals surface area (Å²) in [5.41, 5.74) is 3.95. The second-order valence-corrected chi connectivity index (χ2v) is 9.26. The summed E-state index contributed by atoms with van der Waals surface area (Å²) in [6.07, 6.45) is 7.44. The predicted octanol–water partition coefficient (Wildman–Crippen LogP) is 3.90. The van der Waals surface area contributed by atoms with Crippen molar-refractivity contribution in [2.24, 2.45) is 0 Å². The molecule has 0 atom stereocenters. The lowest BCUT2D eigenvalue weighted by Crippen LogP contribution is -3.00. The molecular weight excluding hydrogens is 438 g/mol. The minimum Gasteiger partial charge on any atom is -1.00 e. The molecule has 0 saturated carbocycles. The van der Waals surface area contributed by atoms with Crippen LogP contribution in [0.4, 0.5) is 0 Å². The summed E-state index contributed by atoms with van der Waals surface area (Å²) >= 11 is 8.15. The van der Waals surface area contributed by atoms with E-state index in [4.69, 9.17) is 11.6 Å². The van der Waals surface area contributed by atoms with Crippen LogP contribution in [-0.4, -0.2) is 31.7 Å². The van der Waals surface area contributed by atoms with Crippen molar-refractivity contribution in [1.82, 2.24) is 0 Å². The second kappa shape index (κ2) is 10.2. The zero-order chi connectivity index (χ0) is 18.6. The van der Waals surface area contributed by atoms with Crippen molar-refractivity contribution < 1.29 is 21.5 Å². The second-order valence-electron chi connectivity index (χ2n) is 7.74. The van der Waals surface area contributed by atoms with Crippen LogP contribution in [0.5, 0.6) is 0 Å². The highest BCUT2D eigenvalue weighted by atomic mass is 79.9. The van der Waals surface area contributed by atoms with Crippen LogP contribution in [0.3, 0.4) is 0 Å². The maximum absolute atomic E-state index is 6.31. The zero-order valence-corrected chi connectivity index (χ0v) is 19.6. The molecule has 27 heavy (non-hydrogen) atoms. The summed E-state index contributed by atoms with van der Waals surface area (Å²) in [4.78, 5) is 2.64. The summed E-state index contributed by atoms with van der Waals surface area (Å²) < 4.78 is 1.09. The number of hydrogen-bond donors (Lipinski definition) is 0. The van der Waals surface area contributed by atoms with Gasteiger partial charge >= 0.3 is 0 Å². The van der Waals surface area contributed by atoms with Crippen LogP contribution in [0.15, 0.2) is 58.3 Å². The van der Waals surface area contributed by atoms with E-state index in [1.807, 2.05) is 17.8 Å². The lowest BCUT2D eigenvalue weighted by molar-refractivity contribution is -0.890. The fourth-order valence-corrected chi connectivity index (χ4v) is 4.78. The summed E-state index contributed by atoms with van der Waals surface area (Å²) in [5.74, 6) is 0. The first-order valence-electron chi connectivity index (χ1n) is 9.59. The molecule has 0 N–H and O–H groups in total. The van der Waals surface area contributed by atoms with Crippen LogP contribution < -0.4 is 17.0 Å². The highest BCUT2D eigenvalue weighted by molar-refractivity contribution is 7.99. The first kappa shape index (κ1) is 22.5. The van der Waals surface area contributed by atoms with Gasteiger partial charge < -0.3 is 21.5 Å². The number of rotatable bonds is 7. The average Bonchev–Trinajstić information content (AvgIpc) is 2.61. The number of halogens is 2. The SMILES string of the molecule is CCCCC[N+](C)(C)CC/C=C1/c2ccccc2Sc2ccc(Cl)cc21.[Br-]. The molecular formula is C23H29BrClNS. The van der Waals surface area contributed by atoms with Crippen LogP contribution in [0.25, 0.3) is 5.57 Å². The monoisotopic (exact) mass is 465 g/mol. The molecule has 1 heterocycles. The summed E-state index contributed by atoms with van der Waals surface area (Å²) in [7, 11) is 4.70. The van der Waals surface area contributed by atoms with Crippen molar-refractivity contribution in [3.63, 3.8) is 0 Å². The molecule has 3 rings (SSSR count). The van der Waals surface area contributed by atoms with Gasteiger partial charge in [0.2, 0.25) is 0 Å². The van der Waals surface area contributed by atoms with Gasteiger partial charge in [-0.05, 0) is 53.8 Å². The van der Waals surface area contributed by atoms with Crippen LogP contribution in [0.1, 0.15) is 43.7 Å². The Kier molecular flexibility index (Phi) is 8.48. The Labute approximate surface area is 184 Å². The van der Waals surface area contributed by atoms with Gasteiger partial charge in [0.25, 0.3) is 0 Å². The van der Waals surface area contributed by atoms with Crippen LogP contribution in [-0.2, 0) is 0 Å². The lowest BCUT2D eigenvalue weighted by atomic mass is 9.96. The van der Waals surface area contributed by atoms with E-state index in [9.17, 15) is 0 Å². The Hall–Kier alpha value is -0.740. The van der Waals surface area contributed by atoms with E-state index in [0.29, 0.717) is 0 Å². The number of hydrogen-bond acceptors (Lipinski definition) is 1. The summed E-state index contributed by atoms with van der Waals surface area (Å²) in [6, 6.07) is 15.0. The third kappa shape index (κ3) is 5.87. The number of benzene rings is 2. The van der Waals surface area contributed by atoms with Gasteiger partial charge in [0.15, 0.2) is 0 Å². The molecule has 1 aliphatic heterocycles. The molecule has 0 saturated heterocycles. The number of nitrogens with zero attached hydrogens (tertiary/aromatic N) is 1. The largest absolute Gasteiger partial charge is 1.00 e. The Bertz CT molecular complexity index is 801. The first-order valence-corrected chi connectivity index (χ1v) is 10.8. The molecule has 0 fully saturated rings. The smallest absolute Gasteiger partial charge is 0.0817 e. The third-order valence-electron chi connectivity index (χ3n) is 5.08. The van der Waals surface area contributed by atoms with Crippen molar-refractivity contribution in [3.05, 3.63) is 64.7 Å². The lowest BCUT2D eigenvalue weighted by Gasteiger charge is -2.30. The highest BCUT2D eigenvalue weighted by Gasteiger charge is 2.21. The molecule has 1 aliphatic rings. The van der Waals surface area contributed by atoms with Gasteiger partial charge in [0.05, 0.1) is 27.2 Å². The quantitative estimate of drug-likeness (QED) is 0.376. The summed E-state index contributed by atoms with van der Waals surface area (Å²) in [5, 5.41) is 0.810. The van der Waals surface area contributed by atoms with Crippen molar-refractivity contribution in [3.8, 4) is 0 Å². The van der Waals surface area contributed by atoms with Crippen molar-refractivity contribution in [1.29, 1.82) is 0 Å². The normalized spacial score (nSPS) is 14.4. The van der Waals surface area contributed by atoms with Gasteiger partial charge in [-0.2, -0.15) is 0 Å². The van der Waals surface area contributed by atoms with Gasteiger partial charge in [-0.25, -0.2) is 0 Å². The summed E-state index contributed by atoms with van der Waals surface area (Å²) in [6.45, 7) is 4.69. The Balaban J connectivity index is 0.00000261. The van der Waals surface area contributed by atoms with Crippen LogP contribution in [0, 0.1) is 0 Å². The third-order valence-corrected chi connectivity index (χ3v) is 6.47. The fraction of sp³-hybridized carbons (Fsp3) is 0.391. The minimum atomic E-state index is 0. The van der Waals surface area contributed by atoms with Gasteiger partial charge in [0, 0.05) is 21.2 Å². The number of fused-ring (bicyclic) bond motifs is 2. The molecule has 146 valence electrons. The molecule has 0 unspecified atom stereocenters. The van der Waals surface area contributed by atoms with E-state index >= 15 is 0 Å². The van der Waals surface area contributed by atoms with E-state index in [1.165, 1.54) is 58.8 Å². The fourth-order valence-electron chi connectivity index (χ4n) is 3.52. The van der Waals surface area contributed by atoms with Crippen LogP contribution in [0.2, 0.25) is 5.02 Å². The van der Waals surface area contributed by atoms with E-state index in [-0.39, 0.29) is 17.0 Å². The molecule has 4 heteroatoms. The molecule has 0 aromatic heterocycles. The maximum atomic E-state index is 6.31. The predicted molar refractivity (Wildman–Crippen MR) is 115 cm³/mol. The van der Waals surface area contributed by atoms with E-state index < -0.39 is 0 Å². The minimum absolute atomic E-state index is 0. The van der Waals surface area contributed by atoms with Gasteiger partial charge in [-0.1, -0.05) is 61.0 Å². The first-order chi connectivity index (χ1) is 12.5. The Morgan fingerprint density at radius 3 is 2.48 bits per heavy atom. The standard InChI is InChI=1S/C23H29ClNS.BrH/c1-4-5-8-15-25(2,3)16-9-11-19-20-10-6-7-12-22(20)26-23-14-13-18(24)17-21(19)23;/h6-7,10-14,17H,4-5,8-9,15-16H2,1-3H3;1H/q+1;/p-1/b19-11-;. The van der Waals surface area contributed by atoms with Gasteiger partial charge in [-0.15, -0.1) is 0 Å². The maximum Gasteiger partial charge on any atom is 0.0817 e. The number of unbranched alkanes of at least 4 members (excludes halogenated alkanes) is 2.